The molecule has 1 aliphatic heterocycles. The van der Waals surface area contributed by atoms with Gasteiger partial charge in [0.05, 0.1) is 18.8 Å². The molecule has 5 heteroatoms. The van der Waals surface area contributed by atoms with Gasteiger partial charge in [0, 0.05) is 24.4 Å². The third kappa shape index (κ3) is 3.68. The van der Waals surface area contributed by atoms with Crippen LogP contribution >= 0.6 is 0 Å². The molecule has 0 radical (unpaired) electrons. The minimum Gasteiger partial charge on any atom is -0.472 e. The van der Waals surface area contributed by atoms with E-state index in [0.29, 0.717) is 18.1 Å². The van der Waals surface area contributed by atoms with Crippen molar-refractivity contribution in [2.75, 3.05) is 18.5 Å². The van der Waals surface area contributed by atoms with Crippen LogP contribution in [0.3, 0.4) is 0 Å². The van der Waals surface area contributed by atoms with Crippen LogP contribution in [0.2, 0.25) is 0 Å². The molecule has 2 aromatic rings. The van der Waals surface area contributed by atoms with Crippen molar-refractivity contribution in [2.45, 2.75) is 26.4 Å². The number of carbonyl (C=O) groups excluding carboxylic acids is 1. The summed E-state index contributed by atoms with van der Waals surface area (Å²) in [4.78, 5) is 16.5. The fourth-order valence-electron chi connectivity index (χ4n) is 2.44. The Labute approximate surface area is 135 Å². The van der Waals surface area contributed by atoms with Crippen molar-refractivity contribution in [2.24, 2.45) is 0 Å². The predicted molar refractivity (Wildman–Crippen MR) is 88.0 cm³/mol. The normalized spacial score (nSPS) is 17.0. The number of pyridine rings is 1. The first kappa shape index (κ1) is 15.5. The van der Waals surface area contributed by atoms with Gasteiger partial charge in [0.15, 0.2) is 0 Å². The number of hydrogen-bond donors (Lipinski definition) is 1. The summed E-state index contributed by atoms with van der Waals surface area (Å²) in [5, 5.41) is 2.92. The lowest BCUT2D eigenvalue weighted by Gasteiger charge is -2.12. The lowest BCUT2D eigenvalue weighted by atomic mass is 10.1. The first-order chi connectivity index (χ1) is 11.1. The standard InChI is InChI=1S/C18H20N2O3/c1-12-4-3-5-16(13(12)2)20-18(21)14-6-7-17(19-10-14)23-15-8-9-22-11-15/h3-7,10,15H,8-9,11H2,1-2H3,(H,20,21). The molecule has 0 aliphatic carbocycles. The summed E-state index contributed by atoms with van der Waals surface area (Å²) in [6, 6.07) is 9.28. The van der Waals surface area contributed by atoms with Crippen LogP contribution in [0.1, 0.15) is 27.9 Å². The number of anilines is 1. The molecule has 2 heterocycles. The molecule has 5 nitrogen and oxygen atoms in total. The highest BCUT2D eigenvalue weighted by molar-refractivity contribution is 6.04. The molecule has 0 spiro atoms. The number of nitrogens with zero attached hydrogens (tertiary/aromatic N) is 1. The van der Waals surface area contributed by atoms with Gasteiger partial charge in [0.1, 0.15) is 6.10 Å². The number of hydrogen-bond acceptors (Lipinski definition) is 4. The molecule has 23 heavy (non-hydrogen) atoms. The maximum absolute atomic E-state index is 12.3. The maximum atomic E-state index is 12.3. The van der Waals surface area contributed by atoms with Crippen molar-refractivity contribution < 1.29 is 14.3 Å². The molecule has 1 aromatic carbocycles. The number of carbonyl (C=O) groups is 1. The molecule has 1 amide bonds. The van der Waals surface area contributed by atoms with Crippen molar-refractivity contribution in [1.29, 1.82) is 0 Å². The van der Waals surface area contributed by atoms with Crippen LogP contribution in [0.15, 0.2) is 36.5 Å². The lowest BCUT2D eigenvalue weighted by Crippen LogP contribution is -2.17. The van der Waals surface area contributed by atoms with Gasteiger partial charge in [-0.2, -0.15) is 0 Å². The Bertz CT molecular complexity index is 692. The molecule has 120 valence electrons. The number of ether oxygens (including phenoxy) is 2. The maximum Gasteiger partial charge on any atom is 0.257 e. The molecule has 1 fully saturated rings. The van der Waals surface area contributed by atoms with Crippen molar-refractivity contribution >= 4 is 11.6 Å². The molecule has 1 aromatic heterocycles. The minimum atomic E-state index is -0.179. The molecule has 1 saturated heterocycles. The third-order valence-electron chi connectivity index (χ3n) is 4.03. The Balaban J connectivity index is 1.66. The molecule has 1 unspecified atom stereocenters. The fourth-order valence-corrected chi connectivity index (χ4v) is 2.44. The van der Waals surface area contributed by atoms with E-state index >= 15 is 0 Å². The topological polar surface area (TPSA) is 60.5 Å². The quantitative estimate of drug-likeness (QED) is 0.942. The second-order valence-electron chi connectivity index (χ2n) is 5.69. The monoisotopic (exact) mass is 312 g/mol. The second kappa shape index (κ2) is 6.79. The van der Waals surface area contributed by atoms with E-state index in [1.807, 2.05) is 32.0 Å². The Morgan fingerprint density at radius 3 is 2.87 bits per heavy atom. The van der Waals surface area contributed by atoms with Crippen LogP contribution in [0.5, 0.6) is 5.88 Å². The fraction of sp³-hybridized carbons (Fsp3) is 0.333. The van der Waals surface area contributed by atoms with Crippen LogP contribution in [-0.4, -0.2) is 30.2 Å². The number of nitrogens with one attached hydrogen (secondary N) is 1. The molecular weight excluding hydrogens is 292 g/mol. The predicted octanol–water partition coefficient (Wildman–Crippen LogP) is 3.12. The van der Waals surface area contributed by atoms with Crippen LogP contribution in [-0.2, 0) is 4.74 Å². The molecule has 1 atom stereocenters. The molecule has 1 N–H and O–H groups in total. The van der Waals surface area contributed by atoms with Gasteiger partial charge >= 0.3 is 0 Å². The lowest BCUT2D eigenvalue weighted by molar-refractivity contribution is 0.102. The Kier molecular flexibility index (Phi) is 4.57. The highest BCUT2D eigenvalue weighted by atomic mass is 16.5. The molecule has 0 bridgehead atoms. The summed E-state index contributed by atoms with van der Waals surface area (Å²) in [6.07, 6.45) is 2.46. The van der Waals surface area contributed by atoms with Crippen molar-refractivity contribution in [3.8, 4) is 5.88 Å². The van der Waals surface area contributed by atoms with Crippen LogP contribution in [0, 0.1) is 13.8 Å². The van der Waals surface area contributed by atoms with Crippen molar-refractivity contribution in [3.63, 3.8) is 0 Å². The second-order valence-corrected chi connectivity index (χ2v) is 5.69. The minimum absolute atomic E-state index is 0.0529. The summed E-state index contributed by atoms with van der Waals surface area (Å²) in [6.45, 7) is 5.33. The first-order valence-electron chi connectivity index (χ1n) is 7.71. The average Bonchev–Trinajstić information content (AvgIpc) is 3.05. The Hall–Kier alpha value is -2.40. The number of aromatic nitrogens is 1. The molecule has 0 saturated carbocycles. The zero-order chi connectivity index (χ0) is 16.2. The van der Waals surface area contributed by atoms with Gasteiger partial charge in [-0.25, -0.2) is 4.98 Å². The highest BCUT2D eigenvalue weighted by Crippen LogP contribution is 2.19. The van der Waals surface area contributed by atoms with E-state index in [2.05, 4.69) is 10.3 Å². The zero-order valence-corrected chi connectivity index (χ0v) is 13.3. The summed E-state index contributed by atoms with van der Waals surface area (Å²) in [5.74, 6) is 0.339. The molecule has 1 aliphatic rings. The van der Waals surface area contributed by atoms with E-state index in [1.54, 1.807) is 12.1 Å². The van der Waals surface area contributed by atoms with Gasteiger partial charge in [-0.05, 0) is 37.1 Å². The number of amides is 1. The zero-order valence-electron chi connectivity index (χ0n) is 13.3. The van der Waals surface area contributed by atoms with Gasteiger partial charge in [0.2, 0.25) is 5.88 Å². The highest BCUT2D eigenvalue weighted by Gasteiger charge is 2.18. The Morgan fingerprint density at radius 1 is 1.30 bits per heavy atom. The number of aryl methyl sites for hydroxylation is 1. The van der Waals surface area contributed by atoms with E-state index < -0.39 is 0 Å². The third-order valence-corrected chi connectivity index (χ3v) is 4.03. The summed E-state index contributed by atoms with van der Waals surface area (Å²) in [7, 11) is 0. The van der Waals surface area contributed by atoms with Gasteiger partial charge in [-0.1, -0.05) is 12.1 Å². The van der Waals surface area contributed by atoms with E-state index in [4.69, 9.17) is 9.47 Å². The van der Waals surface area contributed by atoms with Crippen molar-refractivity contribution in [1.82, 2.24) is 4.98 Å². The first-order valence-corrected chi connectivity index (χ1v) is 7.71. The van der Waals surface area contributed by atoms with E-state index in [-0.39, 0.29) is 12.0 Å². The molecule has 3 rings (SSSR count). The van der Waals surface area contributed by atoms with Crippen LogP contribution in [0.25, 0.3) is 0 Å². The number of rotatable bonds is 4. The van der Waals surface area contributed by atoms with E-state index in [1.165, 1.54) is 6.20 Å². The summed E-state index contributed by atoms with van der Waals surface area (Å²) >= 11 is 0. The number of benzene rings is 1. The van der Waals surface area contributed by atoms with Crippen molar-refractivity contribution in [3.05, 3.63) is 53.2 Å². The van der Waals surface area contributed by atoms with Crippen LogP contribution < -0.4 is 10.1 Å². The smallest absolute Gasteiger partial charge is 0.257 e. The van der Waals surface area contributed by atoms with E-state index in [0.717, 1.165) is 29.8 Å². The van der Waals surface area contributed by atoms with Crippen LogP contribution in [0.4, 0.5) is 5.69 Å². The van der Waals surface area contributed by atoms with Gasteiger partial charge < -0.3 is 14.8 Å². The Morgan fingerprint density at radius 2 is 2.17 bits per heavy atom. The molecular formula is C18H20N2O3. The average molecular weight is 312 g/mol. The van der Waals surface area contributed by atoms with Gasteiger partial charge in [-0.3, -0.25) is 4.79 Å². The summed E-state index contributed by atoms with van der Waals surface area (Å²) in [5.41, 5.74) is 3.53. The van der Waals surface area contributed by atoms with Gasteiger partial charge in [0.25, 0.3) is 5.91 Å². The largest absolute Gasteiger partial charge is 0.472 e. The van der Waals surface area contributed by atoms with E-state index in [9.17, 15) is 4.79 Å². The SMILES string of the molecule is Cc1cccc(NC(=O)c2ccc(OC3CCOC3)nc2)c1C. The van der Waals surface area contributed by atoms with Gasteiger partial charge in [-0.15, -0.1) is 0 Å². The summed E-state index contributed by atoms with van der Waals surface area (Å²) < 4.78 is 11.0.